The van der Waals surface area contributed by atoms with Crippen LogP contribution in [0.5, 0.6) is 0 Å². The third kappa shape index (κ3) is 2.11. The van der Waals surface area contributed by atoms with Crippen LogP contribution < -0.4 is 0 Å². The van der Waals surface area contributed by atoms with Crippen molar-refractivity contribution in [1.82, 2.24) is 4.90 Å². The molecule has 0 saturated heterocycles. The third-order valence-electron chi connectivity index (χ3n) is 4.35. The molecule has 1 aromatic carbocycles. The molecule has 1 saturated carbocycles. The third-order valence-corrected chi connectivity index (χ3v) is 4.35. The fourth-order valence-electron chi connectivity index (χ4n) is 2.99. The minimum atomic E-state index is -0.846. The molecule has 2 aliphatic carbocycles. The molecule has 1 aromatic rings. The van der Waals surface area contributed by atoms with E-state index in [4.69, 9.17) is 5.11 Å². The second-order valence-corrected chi connectivity index (χ2v) is 5.57. The summed E-state index contributed by atoms with van der Waals surface area (Å²) in [5, 5.41) is 8.89. The first kappa shape index (κ1) is 12.2. The summed E-state index contributed by atoms with van der Waals surface area (Å²) in [5.74, 6) is -1.61. The van der Waals surface area contributed by atoms with E-state index in [9.17, 15) is 9.59 Å². The van der Waals surface area contributed by atoms with Crippen LogP contribution in [0.4, 0.5) is 0 Å². The van der Waals surface area contributed by atoms with Gasteiger partial charge in [-0.15, -0.1) is 0 Å². The van der Waals surface area contributed by atoms with Gasteiger partial charge in [-0.1, -0.05) is 24.3 Å². The zero-order valence-electron chi connectivity index (χ0n) is 10.9. The lowest BCUT2D eigenvalue weighted by Crippen LogP contribution is -2.39. The number of carboxylic acid groups (broad SMARTS) is 1. The van der Waals surface area contributed by atoms with E-state index >= 15 is 0 Å². The van der Waals surface area contributed by atoms with Gasteiger partial charge in [-0.05, 0) is 30.4 Å². The highest BCUT2D eigenvalue weighted by molar-refractivity contribution is 5.89. The molecule has 4 nitrogen and oxygen atoms in total. The molecule has 1 N–H and O–H groups in total. The first-order chi connectivity index (χ1) is 9.08. The van der Waals surface area contributed by atoms with Gasteiger partial charge in [0.2, 0.25) is 5.91 Å². The van der Waals surface area contributed by atoms with Gasteiger partial charge in [-0.3, -0.25) is 9.59 Å². The Hall–Kier alpha value is -1.84. The number of rotatable bonds is 3. The molecule has 0 bridgehead atoms. The SMILES string of the molecule is CN(C(=O)C1CC1C(=O)O)C1Cc2ccccc2C1. The topological polar surface area (TPSA) is 57.6 Å². The van der Waals surface area contributed by atoms with Crippen molar-refractivity contribution >= 4 is 11.9 Å². The van der Waals surface area contributed by atoms with Gasteiger partial charge in [0.05, 0.1) is 11.8 Å². The molecule has 1 amide bonds. The zero-order valence-corrected chi connectivity index (χ0v) is 10.9. The number of hydrogen-bond acceptors (Lipinski definition) is 2. The minimum Gasteiger partial charge on any atom is -0.481 e. The molecular formula is C15H17NO3. The second-order valence-electron chi connectivity index (χ2n) is 5.57. The standard InChI is InChI=1S/C15H17NO3/c1-16(14(17)12-8-13(12)15(18)19)11-6-9-4-2-3-5-10(9)7-11/h2-5,11-13H,6-8H2,1H3,(H,18,19). The number of hydrogen-bond donors (Lipinski definition) is 1. The zero-order chi connectivity index (χ0) is 13.6. The summed E-state index contributed by atoms with van der Waals surface area (Å²) in [7, 11) is 1.80. The van der Waals surface area contributed by atoms with Gasteiger partial charge in [-0.25, -0.2) is 0 Å². The van der Waals surface area contributed by atoms with Crippen LogP contribution in [-0.4, -0.2) is 35.0 Å². The van der Waals surface area contributed by atoms with Gasteiger partial charge >= 0.3 is 5.97 Å². The Balaban J connectivity index is 1.65. The number of benzene rings is 1. The number of amides is 1. The Kier molecular flexibility index (Phi) is 2.81. The Morgan fingerprint density at radius 2 is 1.74 bits per heavy atom. The predicted molar refractivity (Wildman–Crippen MR) is 69.6 cm³/mol. The van der Waals surface area contributed by atoms with E-state index < -0.39 is 11.9 Å². The normalized spacial score (nSPS) is 24.9. The summed E-state index contributed by atoms with van der Waals surface area (Å²) in [4.78, 5) is 24.8. The van der Waals surface area contributed by atoms with Gasteiger partial charge in [-0.2, -0.15) is 0 Å². The first-order valence-corrected chi connectivity index (χ1v) is 6.64. The molecule has 4 heteroatoms. The average Bonchev–Trinajstić information content (AvgIpc) is 3.09. The fourth-order valence-corrected chi connectivity index (χ4v) is 2.99. The van der Waals surface area contributed by atoms with Gasteiger partial charge in [0.1, 0.15) is 0 Å². The first-order valence-electron chi connectivity index (χ1n) is 6.64. The van der Waals surface area contributed by atoms with Crippen molar-refractivity contribution in [2.24, 2.45) is 11.8 Å². The number of carbonyl (C=O) groups excluding carboxylic acids is 1. The molecule has 3 rings (SSSR count). The summed E-state index contributed by atoms with van der Waals surface area (Å²) in [6, 6.07) is 8.42. The quantitative estimate of drug-likeness (QED) is 0.891. The molecule has 100 valence electrons. The number of likely N-dealkylation sites (N-methyl/N-ethyl adjacent to an activating group) is 1. The van der Waals surface area contributed by atoms with Gasteiger partial charge in [0, 0.05) is 13.1 Å². The van der Waals surface area contributed by atoms with Crippen LogP contribution in [0, 0.1) is 11.8 Å². The molecule has 0 aromatic heterocycles. The van der Waals surface area contributed by atoms with Crippen LogP contribution in [0.25, 0.3) is 0 Å². The van der Waals surface area contributed by atoms with Crippen LogP contribution in [-0.2, 0) is 22.4 Å². The lowest BCUT2D eigenvalue weighted by Gasteiger charge is -2.24. The molecule has 0 spiro atoms. The van der Waals surface area contributed by atoms with Crippen molar-refractivity contribution in [3.63, 3.8) is 0 Å². The Morgan fingerprint density at radius 1 is 1.16 bits per heavy atom. The Labute approximate surface area is 112 Å². The van der Waals surface area contributed by atoms with Gasteiger partial charge in [0.15, 0.2) is 0 Å². The average molecular weight is 259 g/mol. The summed E-state index contributed by atoms with van der Waals surface area (Å²) >= 11 is 0. The summed E-state index contributed by atoms with van der Waals surface area (Å²) in [6.07, 6.45) is 2.25. The predicted octanol–water partition coefficient (Wildman–Crippen LogP) is 1.33. The number of fused-ring (bicyclic) bond motifs is 1. The van der Waals surface area contributed by atoms with Crippen molar-refractivity contribution in [3.8, 4) is 0 Å². The minimum absolute atomic E-state index is 0.00907. The summed E-state index contributed by atoms with van der Waals surface area (Å²) in [5.41, 5.74) is 2.61. The van der Waals surface area contributed by atoms with Crippen molar-refractivity contribution in [2.75, 3.05) is 7.05 Å². The summed E-state index contributed by atoms with van der Waals surface area (Å²) < 4.78 is 0. The Bertz CT molecular complexity index is 515. The van der Waals surface area contributed by atoms with Crippen LogP contribution in [0.3, 0.4) is 0 Å². The van der Waals surface area contributed by atoms with Crippen LogP contribution in [0.1, 0.15) is 17.5 Å². The molecule has 19 heavy (non-hydrogen) atoms. The molecule has 2 atom stereocenters. The van der Waals surface area contributed by atoms with E-state index in [0.29, 0.717) is 6.42 Å². The highest BCUT2D eigenvalue weighted by Gasteiger charge is 2.50. The lowest BCUT2D eigenvalue weighted by molar-refractivity contribution is -0.142. The van der Waals surface area contributed by atoms with Crippen molar-refractivity contribution in [2.45, 2.75) is 25.3 Å². The van der Waals surface area contributed by atoms with E-state index in [2.05, 4.69) is 12.1 Å². The van der Waals surface area contributed by atoms with Crippen molar-refractivity contribution in [1.29, 1.82) is 0 Å². The number of carboxylic acids is 1. The van der Waals surface area contributed by atoms with E-state index in [1.807, 2.05) is 12.1 Å². The smallest absolute Gasteiger partial charge is 0.307 e. The Morgan fingerprint density at radius 3 is 2.21 bits per heavy atom. The van der Waals surface area contributed by atoms with E-state index in [-0.39, 0.29) is 17.9 Å². The molecule has 0 radical (unpaired) electrons. The fraction of sp³-hybridized carbons (Fsp3) is 0.467. The van der Waals surface area contributed by atoms with Gasteiger partial charge in [0.25, 0.3) is 0 Å². The maximum atomic E-state index is 12.2. The lowest BCUT2D eigenvalue weighted by atomic mass is 10.1. The van der Waals surface area contributed by atoms with E-state index in [1.165, 1.54) is 11.1 Å². The second kappa shape index (κ2) is 4.37. The van der Waals surface area contributed by atoms with Crippen molar-refractivity contribution < 1.29 is 14.7 Å². The molecule has 2 aliphatic rings. The van der Waals surface area contributed by atoms with Crippen LogP contribution in [0.2, 0.25) is 0 Å². The maximum Gasteiger partial charge on any atom is 0.307 e. The molecule has 1 fully saturated rings. The molecular weight excluding hydrogens is 242 g/mol. The van der Waals surface area contributed by atoms with E-state index in [1.54, 1.807) is 11.9 Å². The largest absolute Gasteiger partial charge is 0.481 e. The molecule has 0 heterocycles. The highest BCUT2D eigenvalue weighted by atomic mass is 16.4. The maximum absolute atomic E-state index is 12.2. The summed E-state index contributed by atoms with van der Waals surface area (Å²) in [6.45, 7) is 0. The van der Waals surface area contributed by atoms with Gasteiger partial charge < -0.3 is 10.0 Å². The number of aliphatic carboxylic acids is 1. The van der Waals surface area contributed by atoms with E-state index in [0.717, 1.165) is 12.8 Å². The van der Waals surface area contributed by atoms with Crippen LogP contribution in [0.15, 0.2) is 24.3 Å². The molecule has 2 unspecified atom stereocenters. The number of carbonyl (C=O) groups is 2. The number of nitrogens with zero attached hydrogens (tertiary/aromatic N) is 1. The van der Waals surface area contributed by atoms with Crippen molar-refractivity contribution in [3.05, 3.63) is 35.4 Å². The monoisotopic (exact) mass is 259 g/mol. The van der Waals surface area contributed by atoms with Crippen LogP contribution >= 0.6 is 0 Å². The highest BCUT2D eigenvalue weighted by Crippen LogP contribution is 2.40. The molecule has 0 aliphatic heterocycles.